The second-order valence-corrected chi connectivity index (χ2v) is 15.2. The Kier molecular flexibility index (Phi) is 18.0. The molecule has 2 aliphatic heterocycles. The lowest BCUT2D eigenvalue weighted by molar-refractivity contribution is -0.870. The fourth-order valence-electron chi connectivity index (χ4n) is 5.44. The maximum absolute atomic E-state index is 11.9. The van der Waals surface area contributed by atoms with Gasteiger partial charge in [-0.05, 0) is 25.7 Å². The van der Waals surface area contributed by atoms with Crippen LogP contribution in [0.1, 0.15) is 50.6 Å². The number of hydrogen-bond donors (Lipinski definition) is 8. The summed E-state index contributed by atoms with van der Waals surface area (Å²) in [4.78, 5) is 9.75. The second kappa shape index (κ2) is 20.9. The Balaban J connectivity index is 1.27. The molecule has 0 aliphatic carbocycles. The van der Waals surface area contributed by atoms with E-state index in [-0.39, 0.29) is 19.8 Å². The number of ether oxygens (including phenoxy) is 4. The number of aromatic nitrogens is 3. The van der Waals surface area contributed by atoms with E-state index in [0.29, 0.717) is 30.4 Å². The zero-order valence-corrected chi connectivity index (χ0v) is 30.0. The van der Waals surface area contributed by atoms with Crippen LogP contribution in [0.15, 0.2) is 6.20 Å². The number of aliphatic hydroxyl groups excluding tert-OH is 7. The van der Waals surface area contributed by atoms with Gasteiger partial charge in [0.2, 0.25) is 0 Å². The molecule has 11 atom stereocenters. The minimum absolute atomic E-state index is 0.116. The van der Waals surface area contributed by atoms with Gasteiger partial charge in [-0.1, -0.05) is 30.9 Å². The molecule has 2 fully saturated rings. The van der Waals surface area contributed by atoms with Gasteiger partial charge in [-0.3, -0.25) is 13.7 Å². The number of rotatable bonds is 23. The van der Waals surface area contributed by atoms with Crippen molar-refractivity contribution in [1.29, 1.82) is 0 Å². The minimum atomic E-state index is -4.01. The fourth-order valence-corrected chi connectivity index (χ4v) is 6.19. The SMILES string of the molecule is C[N+](C)(C)CCOP(=O)(O)OCCCCCCCCc1cn(CCCO[C@@H]2OC(CO)[C@@H](O[C@H]3OC(CO)[C@@H](O)[C@H](O)C3O)[C@H](O)C2O)nn1. The number of unbranched alkanes of at least 4 members (excludes halogenated alkanes) is 5. The molecule has 1 aromatic rings. The number of aliphatic hydroxyl groups is 7. The van der Waals surface area contributed by atoms with Crippen LogP contribution in [-0.2, 0) is 45.5 Å². The first-order chi connectivity index (χ1) is 23.7. The Labute approximate surface area is 292 Å². The summed E-state index contributed by atoms with van der Waals surface area (Å²) in [7, 11) is 1.90. The molecule has 292 valence electrons. The number of phosphoric ester groups is 1. The van der Waals surface area contributed by atoms with Crippen LogP contribution in [-0.4, -0.2) is 182 Å². The van der Waals surface area contributed by atoms with Crippen molar-refractivity contribution >= 4 is 7.82 Å². The molecule has 5 unspecified atom stereocenters. The fraction of sp³-hybridized carbons (Fsp3) is 0.933. The normalized spacial score (nSPS) is 31.9. The molecule has 1 aromatic heterocycles. The standard InChI is InChI=1S/C30H57N4O15P/c1-34(2,3)13-16-46-50(42,43)45-15-9-7-5-4-6-8-11-20-17-33(32-31-20)12-10-14-44-29-27(41)25(39)28(22(19-36)48-29)49-30-26(40)24(38)23(37)21(18-35)47-30/h17,21-30,35-41H,4-16,18-19H2,1-3H3/p+1/t21?,22?,23-,24+,25-,26?,27?,28-,29-,30-/m1/s1. The van der Waals surface area contributed by atoms with Gasteiger partial charge in [-0.25, -0.2) is 4.57 Å². The summed E-state index contributed by atoms with van der Waals surface area (Å²) in [6, 6.07) is 0. The lowest BCUT2D eigenvalue weighted by Gasteiger charge is -2.45. The Morgan fingerprint density at radius 1 is 0.780 bits per heavy atom. The summed E-state index contributed by atoms with van der Waals surface area (Å²) in [6.45, 7) is 0.181. The molecule has 8 N–H and O–H groups in total. The number of aryl methyl sites for hydroxylation is 2. The molecule has 3 rings (SSSR count). The van der Waals surface area contributed by atoms with Gasteiger partial charge in [0.05, 0.1) is 53.3 Å². The molecule has 0 saturated carbocycles. The highest BCUT2D eigenvalue weighted by Gasteiger charge is 2.50. The maximum Gasteiger partial charge on any atom is 0.472 e. The molecule has 19 nitrogen and oxygen atoms in total. The lowest BCUT2D eigenvalue weighted by atomic mass is 9.97. The van der Waals surface area contributed by atoms with E-state index in [1.165, 1.54) is 0 Å². The van der Waals surface area contributed by atoms with Gasteiger partial charge in [-0.15, -0.1) is 5.10 Å². The molecule has 2 saturated heterocycles. The molecule has 0 radical (unpaired) electrons. The van der Waals surface area contributed by atoms with E-state index in [1.807, 2.05) is 27.3 Å². The lowest BCUT2D eigenvalue weighted by Crippen LogP contribution is -2.64. The van der Waals surface area contributed by atoms with Crippen molar-refractivity contribution in [3.63, 3.8) is 0 Å². The molecule has 2 aliphatic rings. The van der Waals surface area contributed by atoms with Crippen LogP contribution in [0.3, 0.4) is 0 Å². The first-order valence-corrected chi connectivity index (χ1v) is 18.7. The average molecular weight is 746 g/mol. The summed E-state index contributed by atoms with van der Waals surface area (Å²) in [5.74, 6) is 0. The molecule has 3 heterocycles. The van der Waals surface area contributed by atoms with Crippen molar-refractivity contribution in [3.05, 3.63) is 11.9 Å². The molecule has 20 heteroatoms. The van der Waals surface area contributed by atoms with E-state index in [2.05, 4.69) is 10.3 Å². The third kappa shape index (κ3) is 14.0. The van der Waals surface area contributed by atoms with E-state index in [0.717, 1.165) is 44.2 Å². The molecule has 0 aromatic carbocycles. The third-order valence-electron chi connectivity index (χ3n) is 8.46. The highest BCUT2D eigenvalue weighted by atomic mass is 31.2. The number of hydrogen-bond acceptors (Lipinski definition) is 16. The number of phosphoric acid groups is 1. The summed E-state index contributed by atoms with van der Waals surface area (Å²) < 4.78 is 46.4. The number of likely N-dealkylation sites (N-methyl/N-ethyl adjacent to an activating group) is 1. The van der Waals surface area contributed by atoms with E-state index in [9.17, 15) is 45.2 Å². The zero-order chi connectivity index (χ0) is 36.9. The van der Waals surface area contributed by atoms with Crippen molar-refractivity contribution in [2.24, 2.45) is 0 Å². The first kappa shape index (κ1) is 43.2. The Hall–Kier alpha value is -1.23. The van der Waals surface area contributed by atoms with Gasteiger partial charge in [0, 0.05) is 12.7 Å². The van der Waals surface area contributed by atoms with Gasteiger partial charge < -0.3 is 64.1 Å². The first-order valence-electron chi connectivity index (χ1n) is 17.2. The van der Waals surface area contributed by atoms with Crippen LogP contribution < -0.4 is 0 Å². The monoisotopic (exact) mass is 745 g/mol. The van der Waals surface area contributed by atoms with Crippen molar-refractivity contribution in [1.82, 2.24) is 15.0 Å². The minimum Gasteiger partial charge on any atom is -0.394 e. The number of nitrogens with zero attached hydrogens (tertiary/aromatic N) is 4. The molecular weight excluding hydrogens is 687 g/mol. The van der Waals surface area contributed by atoms with E-state index < -0.39 is 82.4 Å². The quantitative estimate of drug-likeness (QED) is 0.0343. The van der Waals surface area contributed by atoms with Gasteiger partial charge >= 0.3 is 7.82 Å². The topological polar surface area (TPSA) is 265 Å². The smallest absolute Gasteiger partial charge is 0.394 e. The van der Waals surface area contributed by atoms with Crippen molar-refractivity contribution < 1.29 is 77.7 Å². The second-order valence-electron chi connectivity index (χ2n) is 13.7. The predicted octanol–water partition coefficient (Wildman–Crippen LogP) is -1.97. The Morgan fingerprint density at radius 2 is 1.40 bits per heavy atom. The summed E-state index contributed by atoms with van der Waals surface area (Å²) >= 11 is 0. The molecule has 0 amide bonds. The van der Waals surface area contributed by atoms with Crippen LogP contribution in [0.5, 0.6) is 0 Å². The molecule has 0 spiro atoms. The van der Waals surface area contributed by atoms with Gasteiger partial charge in [0.1, 0.15) is 62.0 Å². The van der Waals surface area contributed by atoms with Crippen molar-refractivity contribution in [3.8, 4) is 0 Å². The van der Waals surface area contributed by atoms with Crippen LogP contribution in [0, 0.1) is 0 Å². The molecule has 0 bridgehead atoms. The highest BCUT2D eigenvalue weighted by molar-refractivity contribution is 7.47. The summed E-state index contributed by atoms with van der Waals surface area (Å²) in [5.41, 5.74) is 0.855. The van der Waals surface area contributed by atoms with E-state index >= 15 is 0 Å². The van der Waals surface area contributed by atoms with Crippen molar-refractivity contribution in [2.45, 2.75) is 119 Å². The summed E-state index contributed by atoms with van der Waals surface area (Å²) in [5, 5.41) is 79.2. The molecule has 50 heavy (non-hydrogen) atoms. The van der Waals surface area contributed by atoms with Crippen LogP contribution in [0.4, 0.5) is 0 Å². The van der Waals surface area contributed by atoms with E-state index in [1.54, 1.807) is 4.68 Å². The van der Waals surface area contributed by atoms with E-state index in [4.69, 9.17) is 28.0 Å². The zero-order valence-electron chi connectivity index (χ0n) is 29.1. The largest absolute Gasteiger partial charge is 0.472 e. The van der Waals surface area contributed by atoms with Crippen LogP contribution >= 0.6 is 7.82 Å². The third-order valence-corrected chi connectivity index (χ3v) is 9.48. The predicted molar refractivity (Wildman–Crippen MR) is 173 cm³/mol. The van der Waals surface area contributed by atoms with Crippen molar-refractivity contribution in [2.75, 3.05) is 60.7 Å². The van der Waals surface area contributed by atoms with Crippen LogP contribution in [0.2, 0.25) is 0 Å². The highest BCUT2D eigenvalue weighted by Crippen LogP contribution is 2.43. The molecular formula is C30H58N4O15P+. The Bertz CT molecular complexity index is 1140. The Morgan fingerprint density at radius 3 is 2.08 bits per heavy atom. The van der Waals surface area contributed by atoms with Gasteiger partial charge in [-0.2, -0.15) is 0 Å². The van der Waals surface area contributed by atoms with Crippen LogP contribution in [0.25, 0.3) is 0 Å². The average Bonchev–Trinajstić information content (AvgIpc) is 3.52. The van der Waals surface area contributed by atoms with Gasteiger partial charge in [0.25, 0.3) is 0 Å². The summed E-state index contributed by atoms with van der Waals surface area (Å²) in [6.07, 6.45) is -6.44. The number of quaternary nitrogens is 1. The van der Waals surface area contributed by atoms with Gasteiger partial charge in [0.15, 0.2) is 12.6 Å². The maximum atomic E-state index is 11.9.